The van der Waals surface area contributed by atoms with Gasteiger partial charge in [0, 0.05) is 24.3 Å². The molecule has 20 heavy (non-hydrogen) atoms. The molecule has 0 unspecified atom stereocenters. The zero-order valence-electron chi connectivity index (χ0n) is 11.9. The fourth-order valence-corrected chi connectivity index (χ4v) is 2.04. The Kier molecular flexibility index (Phi) is 4.77. The van der Waals surface area contributed by atoms with Crippen molar-refractivity contribution >= 4 is 17.3 Å². The summed E-state index contributed by atoms with van der Waals surface area (Å²) in [7, 11) is 0. The number of carbonyl (C=O) groups is 1. The van der Waals surface area contributed by atoms with Crippen molar-refractivity contribution in [1.82, 2.24) is 0 Å². The fourth-order valence-electron chi connectivity index (χ4n) is 2.04. The summed E-state index contributed by atoms with van der Waals surface area (Å²) in [5.41, 5.74) is 4.22. The van der Waals surface area contributed by atoms with Gasteiger partial charge in [-0.15, -0.1) is 0 Å². The molecule has 2 aromatic carbocycles. The van der Waals surface area contributed by atoms with Crippen LogP contribution in [-0.4, -0.2) is 12.5 Å². The molecule has 0 heterocycles. The maximum atomic E-state index is 11.9. The SMILES string of the molecule is Cc1ccc(NC(=O)CCNc2ccccc2)c(C)c1. The Balaban J connectivity index is 1.81. The number of para-hydroxylation sites is 1. The predicted molar refractivity (Wildman–Crippen MR) is 84.1 cm³/mol. The van der Waals surface area contributed by atoms with Crippen LogP contribution >= 0.6 is 0 Å². The molecule has 0 saturated heterocycles. The Morgan fingerprint density at radius 1 is 1.05 bits per heavy atom. The molecule has 0 aliphatic carbocycles. The molecule has 2 rings (SSSR count). The highest BCUT2D eigenvalue weighted by molar-refractivity contribution is 5.91. The quantitative estimate of drug-likeness (QED) is 0.867. The number of carbonyl (C=O) groups excluding carboxylic acids is 1. The predicted octanol–water partition coefficient (Wildman–Crippen LogP) is 3.74. The van der Waals surface area contributed by atoms with Crippen LogP contribution in [0.4, 0.5) is 11.4 Å². The molecule has 0 radical (unpaired) electrons. The van der Waals surface area contributed by atoms with Crippen LogP contribution in [0.5, 0.6) is 0 Å². The van der Waals surface area contributed by atoms with Crippen molar-refractivity contribution in [2.75, 3.05) is 17.2 Å². The molecule has 0 aliphatic heterocycles. The lowest BCUT2D eigenvalue weighted by molar-refractivity contribution is -0.115. The minimum atomic E-state index is 0.0281. The summed E-state index contributed by atoms with van der Waals surface area (Å²) in [4.78, 5) is 11.9. The summed E-state index contributed by atoms with van der Waals surface area (Å²) in [5.74, 6) is 0.0281. The first kappa shape index (κ1) is 14.1. The lowest BCUT2D eigenvalue weighted by Crippen LogP contribution is -2.16. The van der Waals surface area contributed by atoms with Crippen molar-refractivity contribution in [3.8, 4) is 0 Å². The topological polar surface area (TPSA) is 41.1 Å². The number of anilines is 2. The molecular weight excluding hydrogens is 248 g/mol. The third-order valence-corrected chi connectivity index (χ3v) is 3.11. The van der Waals surface area contributed by atoms with Gasteiger partial charge < -0.3 is 10.6 Å². The van der Waals surface area contributed by atoms with Crippen LogP contribution in [0.2, 0.25) is 0 Å². The van der Waals surface area contributed by atoms with Crippen LogP contribution in [0, 0.1) is 13.8 Å². The highest BCUT2D eigenvalue weighted by Crippen LogP contribution is 2.16. The van der Waals surface area contributed by atoms with Gasteiger partial charge in [0.1, 0.15) is 0 Å². The molecule has 3 nitrogen and oxygen atoms in total. The Morgan fingerprint density at radius 3 is 2.50 bits per heavy atom. The number of hydrogen-bond donors (Lipinski definition) is 2. The average molecular weight is 268 g/mol. The summed E-state index contributed by atoms with van der Waals surface area (Å²) in [6, 6.07) is 15.9. The molecular formula is C17H20N2O. The molecule has 0 bridgehead atoms. The van der Waals surface area contributed by atoms with Crippen LogP contribution in [0.3, 0.4) is 0 Å². The fraction of sp³-hybridized carbons (Fsp3) is 0.235. The first-order chi connectivity index (χ1) is 9.65. The molecule has 3 heteroatoms. The maximum absolute atomic E-state index is 11.9. The second-order valence-corrected chi connectivity index (χ2v) is 4.91. The van der Waals surface area contributed by atoms with Crippen LogP contribution in [0.1, 0.15) is 17.5 Å². The first-order valence-corrected chi connectivity index (χ1v) is 6.81. The van der Waals surface area contributed by atoms with Crippen molar-refractivity contribution in [2.45, 2.75) is 20.3 Å². The molecule has 0 atom stereocenters. The van der Waals surface area contributed by atoms with Crippen molar-refractivity contribution in [3.63, 3.8) is 0 Å². The van der Waals surface area contributed by atoms with E-state index in [0.29, 0.717) is 13.0 Å². The second-order valence-electron chi connectivity index (χ2n) is 4.91. The van der Waals surface area contributed by atoms with E-state index < -0.39 is 0 Å². The highest BCUT2D eigenvalue weighted by Gasteiger charge is 2.04. The zero-order valence-corrected chi connectivity index (χ0v) is 11.9. The van der Waals surface area contributed by atoms with Crippen LogP contribution in [0.25, 0.3) is 0 Å². The standard InChI is InChI=1S/C17H20N2O/c1-13-8-9-16(14(2)12-13)19-17(20)10-11-18-15-6-4-3-5-7-15/h3-9,12,18H,10-11H2,1-2H3,(H,19,20). The van der Waals surface area contributed by atoms with Crippen LogP contribution in [-0.2, 0) is 4.79 Å². The number of hydrogen-bond acceptors (Lipinski definition) is 2. The summed E-state index contributed by atoms with van der Waals surface area (Å²) < 4.78 is 0. The van der Waals surface area contributed by atoms with E-state index in [-0.39, 0.29) is 5.91 Å². The smallest absolute Gasteiger partial charge is 0.226 e. The lowest BCUT2D eigenvalue weighted by Gasteiger charge is -2.10. The number of nitrogens with one attached hydrogen (secondary N) is 2. The van der Waals surface area contributed by atoms with E-state index in [4.69, 9.17) is 0 Å². The molecule has 2 N–H and O–H groups in total. The highest BCUT2D eigenvalue weighted by atomic mass is 16.1. The number of amides is 1. The van der Waals surface area contributed by atoms with Crippen LogP contribution in [0.15, 0.2) is 48.5 Å². The summed E-state index contributed by atoms with van der Waals surface area (Å²) >= 11 is 0. The Morgan fingerprint density at radius 2 is 1.80 bits per heavy atom. The molecule has 0 fully saturated rings. The molecule has 1 amide bonds. The van der Waals surface area contributed by atoms with Gasteiger partial charge in [0.25, 0.3) is 0 Å². The Hall–Kier alpha value is -2.29. The van der Waals surface area contributed by atoms with E-state index in [9.17, 15) is 4.79 Å². The van der Waals surface area contributed by atoms with E-state index in [1.54, 1.807) is 0 Å². The Bertz CT molecular complexity index is 579. The van der Waals surface area contributed by atoms with Crippen molar-refractivity contribution in [3.05, 3.63) is 59.7 Å². The molecule has 0 saturated carbocycles. The summed E-state index contributed by atoms with van der Waals surface area (Å²) in [5, 5.41) is 6.17. The monoisotopic (exact) mass is 268 g/mol. The largest absolute Gasteiger partial charge is 0.385 e. The lowest BCUT2D eigenvalue weighted by atomic mass is 10.1. The van der Waals surface area contributed by atoms with Crippen molar-refractivity contribution < 1.29 is 4.79 Å². The van der Waals surface area contributed by atoms with Gasteiger partial charge in [-0.2, -0.15) is 0 Å². The maximum Gasteiger partial charge on any atom is 0.226 e. The van der Waals surface area contributed by atoms with E-state index in [1.807, 2.05) is 56.3 Å². The minimum absolute atomic E-state index is 0.0281. The first-order valence-electron chi connectivity index (χ1n) is 6.81. The van der Waals surface area contributed by atoms with Crippen LogP contribution < -0.4 is 10.6 Å². The zero-order chi connectivity index (χ0) is 14.4. The number of rotatable bonds is 5. The van der Waals surface area contributed by atoms with Gasteiger partial charge in [-0.25, -0.2) is 0 Å². The molecule has 104 valence electrons. The molecule has 0 spiro atoms. The molecule has 0 aromatic heterocycles. The van der Waals surface area contributed by atoms with Gasteiger partial charge in [-0.3, -0.25) is 4.79 Å². The van der Waals surface area contributed by atoms with E-state index in [2.05, 4.69) is 16.7 Å². The van der Waals surface area contributed by atoms with Gasteiger partial charge in [0.15, 0.2) is 0 Å². The van der Waals surface area contributed by atoms with E-state index in [0.717, 1.165) is 16.9 Å². The van der Waals surface area contributed by atoms with E-state index in [1.165, 1.54) is 5.56 Å². The Labute approximate surface area is 120 Å². The van der Waals surface area contributed by atoms with Gasteiger partial charge in [-0.05, 0) is 37.6 Å². The number of aryl methyl sites for hydroxylation is 2. The minimum Gasteiger partial charge on any atom is -0.385 e. The number of benzene rings is 2. The van der Waals surface area contributed by atoms with Gasteiger partial charge in [0.05, 0.1) is 0 Å². The summed E-state index contributed by atoms with van der Waals surface area (Å²) in [6.07, 6.45) is 0.447. The molecule has 0 aliphatic rings. The third-order valence-electron chi connectivity index (χ3n) is 3.11. The van der Waals surface area contributed by atoms with Crippen molar-refractivity contribution in [1.29, 1.82) is 0 Å². The van der Waals surface area contributed by atoms with Gasteiger partial charge in [0.2, 0.25) is 5.91 Å². The average Bonchev–Trinajstić information content (AvgIpc) is 2.43. The van der Waals surface area contributed by atoms with E-state index >= 15 is 0 Å². The van der Waals surface area contributed by atoms with Crippen molar-refractivity contribution in [2.24, 2.45) is 0 Å². The summed E-state index contributed by atoms with van der Waals surface area (Å²) in [6.45, 7) is 4.67. The normalized spacial score (nSPS) is 10.1. The third kappa shape index (κ3) is 4.12. The second kappa shape index (κ2) is 6.75. The molecule has 2 aromatic rings. The van der Waals surface area contributed by atoms with Gasteiger partial charge >= 0.3 is 0 Å². The van der Waals surface area contributed by atoms with Gasteiger partial charge in [-0.1, -0.05) is 35.9 Å².